The third-order valence-electron chi connectivity index (χ3n) is 14.0. The fourth-order valence-corrected chi connectivity index (χ4v) is 10.9. The van der Waals surface area contributed by atoms with Crippen LogP contribution in [0.1, 0.15) is 85.2 Å². The lowest BCUT2D eigenvalue weighted by atomic mass is 9.49. The summed E-state index contributed by atoms with van der Waals surface area (Å²) in [4.78, 5) is 68.2. The maximum Gasteiger partial charge on any atom is 0.255 e. The number of piperidine rings is 2. The number of pyridine rings is 2. The lowest BCUT2D eigenvalue weighted by molar-refractivity contribution is -0.163. The summed E-state index contributed by atoms with van der Waals surface area (Å²) in [5.41, 5.74) is 2.30. The number of amides is 4. The number of rotatable bonds is 9. The number of carbonyl (C=O) groups is 4. The number of aromatic nitrogens is 2. The zero-order valence-corrected chi connectivity index (χ0v) is 35.6. The zero-order chi connectivity index (χ0) is 43.5. The highest BCUT2D eigenvalue weighted by atomic mass is 19.1. The Morgan fingerprint density at radius 1 is 0.952 bits per heavy atom. The Bertz CT molecular complexity index is 2470. The molecule has 0 unspecified atom stereocenters. The number of fused-ring (bicyclic) bond motifs is 2. The Kier molecular flexibility index (Phi) is 10.6. The number of hydrogen-bond acceptors (Lipinski definition) is 11. The molecule has 322 valence electrons. The monoisotopic (exact) mass is 841 g/mol. The average molecular weight is 842 g/mol. The maximum atomic E-state index is 15.5. The van der Waals surface area contributed by atoms with Gasteiger partial charge in [-0.1, -0.05) is 27.7 Å². The number of imide groups is 1. The largest absolute Gasteiger partial charge is 0.488 e. The van der Waals surface area contributed by atoms with Crippen molar-refractivity contribution < 1.29 is 28.3 Å². The van der Waals surface area contributed by atoms with Gasteiger partial charge in [0.1, 0.15) is 35.6 Å². The van der Waals surface area contributed by atoms with Crippen molar-refractivity contribution in [3.05, 3.63) is 89.0 Å². The molecule has 4 fully saturated rings. The van der Waals surface area contributed by atoms with Gasteiger partial charge in [0, 0.05) is 99.0 Å². The number of nitriles is 1. The number of ether oxygens (including phenoxy) is 1. The number of hydrogen-bond donors (Lipinski definition) is 2. The highest BCUT2D eigenvalue weighted by molar-refractivity contribution is 6.05. The molecule has 2 N–H and O–H groups in total. The second-order valence-electron chi connectivity index (χ2n) is 18.7. The smallest absolute Gasteiger partial charge is 0.255 e. The van der Waals surface area contributed by atoms with Crippen LogP contribution in [0.4, 0.5) is 15.9 Å². The summed E-state index contributed by atoms with van der Waals surface area (Å²) in [5, 5.41) is 16.0. The van der Waals surface area contributed by atoms with Crippen molar-refractivity contribution in [1.82, 2.24) is 30.4 Å². The fourth-order valence-electron chi connectivity index (χ4n) is 10.9. The zero-order valence-electron chi connectivity index (χ0n) is 35.6. The molecule has 0 bridgehead atoms. The van der Waals surface area contributed by atoms with Crippen molar-refractivity contribution in [3.63, 3.8) is 0 Å². The van der Waals surface area contributed by atoms with Gasteiger partial charge in [0.2, 0.25) is 11.8 Å². The Hall–Kier alpha value is -6.14. The summed E-state index contributed by atoms with van der Waals surface area (Å²) in [6.45, 7) is 14.3. The van der Waals surface area contributed by atoms with Crippen molar-refractivity contribution in [3.8, 4) is 11.8 Å². The maximum absolute atomic E-state index is 15.5. The van der Waals surface area contributed by atoms with Gasteiger partial charge in [0.05, 0.1) is 22.3 Å². The van der Waals surface area contributed by atoms with Crippen LogP contribution in [0, 0.1) is 33.9 Å². The van der Waals surface area contributed by atoms with Crippen LogP contribution in [0.3, 0.4) is 0 Å². The van der Waals surface area contributed by atoms with Gasteiger partial charge in [-0.3, -0.25) is 34.4 Å². The lowest BCUT2D eigenvalue weighted by Gasteiger charge is -2.63. The van der Waals surface area contributed by atoms with E-state index in [1.54, 1.807) is 24.5 Å². The molecular formula is C47H52FN9O5. The molecule has 5 aliphatic rings. The molecule has 14 nitrogen and oxygen atoms in total. The molecule has 0 spiro atoms. The third kappa shape index (κ3) is 7.37. The first-order valence-corrected chi connectivity index (χ1v) is 21.6. The van der Waals surface area contributed by atoms with E-state index in [2.05, 4.69) is 59.2 Å². The van der Waals surface area contributed by atoms with Crippen molar-refractivity contribution in [2.75, 3.05) is 55.6 Å². The molecular weight excluding hydrogens is 790 g/mol. The second-order valence-corrected chi connectivity index (χ2v) is 18.7. The van der Waals surface area contributed by atoms with Gasteiger partial charge >= 0.3 is 0 Å². The molecule has 2 aromatic carbocycles. The Morgan fingerprint density at radius 3 is 2.40 bits per heavy atom. The number of carbonyl (C=O) groups excluding carboxylic acids is 4. The normalized spacial score (nSPS) is 23.7. The van der Waals surface area contributed by atoms with Gasteiger partial charge in [0.25, 0.3) is 11.8 Å². The van der Waals surface area contributed by atoms with Gasteiger partial charge in [0.15, 0.2) is 0 Å². The van der Waals surface area contributed by atoms with Crippen LogP contribution < -0.4 is 25.2 Å². The van der Waals surface area contributed by atoms with E-state index in [0.29, 0.717) is 52.7 Å². The summed E-state index contributed by atoms with van der Waals surface area (Å²) in [6.07, 6.45) is 5.60. The van der Waals surface area contributed by atoms with Crippen LogP contribution in [0.15, 0.2) is 60.9 Å². The Morgan fingerprint density at radius 2 is 1.71 bits per heavy atom. The van der Waals surface area contributed by atoms with E-state index in [1.165, 1.54) is 11.0 Å². The first kappa shape index (κ1) is 41.2. The summed E-state index contributed by atoms with van der Waals surface area (Å²) in [7, 11) is 0. The first-order valence-electron chi connectivity index (χ1n) is 21.6. The first-order chi connectivity index (χ1) is 29.7. The lowest BCUT2D eigenvalue weighted by Crippen LogP contribution is -2.74. The topological polar surface area (TPSA) is 164 Å². The van der Waals surface area contributed by atoms with Crippen molar-refractivity contribution in [2.24, 2.45) is 16.7 Å². The van der Waals surface area contributed by atoms with Crippen LogP contribution in [-0.4, -0.2) is 107 Å². The SMILES string of the molecule is CC1(C)[C@H](NC(=O)c2ccc(N3CCC(CN4CCN(c5cc6c(cc5F)C(=O)N([C@H]5CCC(=O)NC5=O)C6)CC4)CC3)nc2)C(C)(C)[C@H]1Oc1ccc(C#N)c2ncccc12. The van der Waals surface area contributed by atoms with Crippen LogP contribution >= 0.6 is 0 Å². The molecule has 2 aromatic heterocycles. The minimum Gasteiger partial charge on any atom is -0.488 e. The summed E-state index contributed by atoms with van der Waals surface area (Å²) >= 11 is 0. The molecule has 9 rings (SSSR count). The molecule has 1 aliphatic carbocycles. The van der Waals surface area contributed by atoms with E-state index in [4.69, 9.17) is 9.72 Å². The number of benzene rings is 2. The minimum atomic E-state index is -0.733. The van der Waals surface area contributed by atoms with Gasteiger partial charge in [-0.25, -0.2) is 9.37 Å². The van der Waals surface area contributed by atoms with Crippen LogP contribution in [0.2, 0.25) is 0 Å². The van der Waals surface area contributed by atoms with Crippen molar-refractivity contribution in [2.45, 2.75) is 78.1 Å². The molecule has 3 saturated heterocycles. The standard InChI is InChI=1S/C47H52FN9O5/c1-46(2)44(47(3,4)45(46)62-37-10-7-29(24-49)40-32(37)6-5-15-50-40)53-41(59)30-8-11-38(51-25-30)56-16-13-28(14-17-56)26-54-18-20-55(21-19-54)36-22-31-27-57(43(61)33(31)23-34(36)48)35-9-12-39(58)52-42(35)60/h5-8,10-11,15,22-23,25,28,35,44-45H,9,12-14,16-21,26-27H2,1-4H3,(H,53,59)(H,52,58,60)/t35-,44-,45-/m0/s1. The molecule has 15 heteroatoms. The van der Waals surface area contributed by atoms with E-state index in [0.717, 1.165) is 56.8 Å². The molecule has 6 heterocycles. The Balaban J connectivity index is 0.741. The number of halogens is 1. The number of piperazine rings is 1. The van der Waals surface area contributed by atoms with Gasteiger partial charge in [-0.15, -0.1) is 0 Å². The quantitative estimate of drug-likeness (QED) is 0.217. The van der Waals surface area contributed by atoms with Gasteiger partial charge in [-0.2, -0.15) is 5.26 Å². The molecule has 4 amide bonds. The number of anilines is 2. The molecule has 0 radical (unpaired) electrons. The number of nitrogens with one attached hydrogen (secondary N) is 2. The van der Waals surface area contributed by atoms with Gasteiger partial charge < -0.3 is 24.8 Å². The average Bonchev–Trinajstić information content (AvgIpc) is 3.58. The van der Waals surface area contributed by atoms with E-state index < -0.39 is 17.8 Å². The fraction of sp³-hybridized carbons (Fsp3) is 0.468. The summed E-state index contributed by atoms with van der Waals surface area (Å²) in [5.74, 6) is 0.237. The van der Waals surface area contributed by atoms with E-state index in [-0.39, 0.29) is 65.6 Å². The second kappa shape index (κ2) is 16.0. The van der Waals surface area contributed by atoms with Crippen LogP contribution in [0.5, 0.6) is 5.75 Å². The predicted octanol–water partition coefficient (Wildman–Crippen LogP) is 5.05. The van der Waals surface area contributed by atoms with Gasteiger partial charge in [-0.05, 0) is 79.3 Å². The molecule has 62 heavy (non-hydrogen) atoms. The number of nitrogens with zero attached hydrogens (tertiary/aromatic N) is 7. The molecule has 4 aromatic rings. The highest BCUT2D eigenvalue weighted by Gasteiger charge is 2.64. The van der Waals surface area contributed by atoms with E-state index >= 15 is 4.39 Å². The molecule has 4 aliphatic heterocycles. The van der Waals surface area contributed by atoms with Crippen molar-refractivity contribution in [1.29, 1.82) is 5.26 Å². The third-order valence-corrected chi connectivity index (χ3v) is 14.0. The van der Waals surface area contributed by atoms with Crippen molar-refractivity contribution >= 4 is 46.0 Å². The predicted molar refractivity (Wildman–Crippen MR) is 230 cm³/mol. The Labute approximate surface area is 360 Å². The van der Waals surface area contributed by atoms with E-state index in [9.17, 15) is 24.4 Å². The minimum absolute atomic E-state index is 0.163. The summed E-state index contributed by atoms with van der Waals surface area (Å²) < 4.78 is 22.1. The van der Waals surface area contributed by atoms with Crippen LogP contribution in [-0.2, 0) is 16.1 Å². The van der Waals surface area contributed by atoms with Crippen LogP contribution in [0.25, 0.3) is 10.9 Å². The molecule has 1 atom stereocenters. The summed E-state index contributed by atoms with van der Waals surface area (Å²) in [6, 6.07) is 15.5. The van der Waals surface area contributed by atoms with E-state index in [1.807, 2.05) is 35.2 Å². The highest BCUT2D eigenvalue weighted by Crippen LogP contribution is 2.56. The molecule has 1 saturated carbocycles.